The van der Waals surface area contributed by atoms with Crippen LogP contribution >= 0.6 is 0 Å². The molecule has 0 aromatic heterocycles. The zero-order chi connectivity index (χ0) is 12.2. The first-order chi connectivity index (χ1) is 7.44. The summed E-state index contributed by atoms with van der Waals surface area (Å²) in [5.41, 5.74) is 6.06. The van der Waals surface area contributed by atoms with Crippen LogP contribution in [0.5, 0.6) is 0 Å². The van der Waals surface area contributed by atoms with E-state index in [1.807, 2.05) is 0 Å². The lowest BCUT2D eigenvalue weighted by atomic mass is 9.75. The van der Waals surface area contributed by atoms with Gasteiger partial charge in [-0.05, 0) is 31.1 Å². The third-order valence-corrected chi connectivity index (χ3v) is 3.36. The number of terminal acetylenes is 1. The van der Waals surface area contributed by atoms with Crippen molar-refractivity contribution in [2.45, 2.75) is 58.0 Å². The van der Waals surface area contributed by atoms with Crippen LogP contribution in [0, 0.1) is 17.8 Å². The molecule has 0 spiro atoms. The highest BCUT2D eigenvalue weighted by atomic mass is 16.2. The molecule has 0 saturated heterocycles. The van der Waals surface area contributed by atoms with Gasteiger partial charge in [0.05, 0.1) is 6.04 Å². The first-order valence-electron chi connectivity index (χ1n) is 5.94. The van der Waals surface area contributed by atoms with Crippen molar-refractivity contribution < 1.29 is 4.79 Å². The van der Waals surface area contributed by atoms with Crippen molar-refractivity contribution in [2.75, 3.05) is 0 Å². The van der Waals surface area contributed by atoms with Crippen molar-refractivity contribution in [3.8, 4) is 12.3 Å². The molecule has 3 nitrogen and oxygen atoms in total. The third kappa shape index (κ3) is 3.86. The predicted molar refractivity (Wildman–Crippen MR) is 65.6 cm³/mol. The van der Waals surface area contributed by atoms with Crippen molar-refractivity contribution >= 4 is 5.91 Å². The number of amides is 1. The van der Waals surface area contributed by atoms with Crippen LogP contribution in [0.2, 0.25) is 0 Å². The average molecular weight is 222 g/mol. The summed E-state index contributed by atoms with van der Waals surface area (Å²) in [5, 5.41) is 2.98. The average Bonchev–Trinajstić information content (AvgIpc) is 2.21. The van der Waals surface area contributed by atoms with Gasteiger partial charge in [0.25, 0.3) is 0 Å². The molecule has 0 heterocycles. The van der Waals surface area contributed by atoms with Gasteiger partial charge in [0.2, 0.25) is 5.91 Å². The van der Waals surface area contributed by atoms with Crippen LogP contribution in [0.15, 0.2) is 0 Å². The molecule has 1 fully saturated rings. The normalized spacial score (nSPS) is 22.1. The van der Waals surface area contributed by atoms with E-state index in [1.54, 1.807) is 0 Å². The van der Waals surface area contributed by atoms with Crippen LogP contribution in [0.3, 0.4) is 0 Å². The quantitative estimate of drug-likeness (QED) is 0.710. The Hall–Kier alpha value is -1.01. The van der Waals surface area contributed by atoms with E-state index in [9.17, 15) is 4.79 Å². The summed E-state index contributed by atoms with van der Waals surface area (Å²) in [6, 6.07) is -0.274. The van der Waals surface area contributed by atoms with E-state index in [0.29, 0.717) is 11.8 Å². The molecule has 3 N–H and O–H groups in total. The fourth-order valence-electron chi connectivity index (χ4n) is 2.07. The summed E-state index contributed by atoms with van der Waals surface area (Å²) in [6.07, 6.45) is 9.83. The molecule has 0 radical (unpaired) electrons. The minimum atomic E-state index is -0.556. The molecular formula is C13H22N2O. The summed E-state index contributed by atoms with van der Waals surface area (Å²) in [5.74, 6) is 2.30. The Morgan fingerprint density at radius 2 is 2.12 bits per heavy atom. The van der Waals surface area contributed by atoms with E-state index in [0.717, 1.165) is 25.7 Å². The molecule has 1 unspecified atom stereocenters. The maximum absolute atomic E-state index is 11.6. The van der Waals surface area contributed by atoms with Gasteiger partial charge < -0.3 is 11.1 Å². The number of hydrogen-bond donors (Lipinski definition) is 2. The van der Waals surface area contributed by atoms with Gasteiger partial charge in [-0.1, -0.05) is 13.8 Å². The molecular weight excluding hydrogens is 200 g/mol. The minimum absolute atomic E-state index is 0.109. The number of nitrogens with two attached hydrogens (primary N) is 1. The van der Waals surface area contributed by atoms with Gasteiger partial charge in [0.1, 0.15) is 0 Å². The summed E-state index contributed by atoms with van der Waals surface area (Å²) in [6.45, 7) is 4.55. The second-order valence-electron chi connectivity index (χ2n) is 5.46. The Balaban J connectivity index is 2.34. The molecule has 1 atom stereocenters. The third-order valence-electron chi connectivity index (χ3n) is 3.36. The van der Waals surface area contributed by atoms with Gasteiger partial charge in [0.15, 0.2) is 0 Å². The fourth-order valence-corrected chi connectivity index (χ4v) is 2.07. The highest BCUT2D eigenvalue weighted by Gasteiger charge is 2.28. The molecule has 0 aromatic rings. The maximum Gasteiger partial charge on any atom is 0.238 e. The molecule has 1 saturated carbocycles. The molecule has 1 aliphatic carbocycles. The van der Waals surface area contributed by atoms with Crippen molar-refractivity contribution in [1.82, 2.24) is 5.32 Å². The molecule has 1 aliphatic rings. The molecule has 1 rings (SSSR count). The van der Waals surface area contributed by atoms with Gasteiger partial charge in [0, 0.05) is 12.5 Å². The van der Waals surface area contributed by atoms with Crippen LogP contribution < -0.4 is 11.1 Å². The monoisotopic (exact) mass is 222 g/mol. The van der Waals surface area contributed by atoms with Gasteiger partial charge >= 0.3 is 0 Å². The topological polar surface area (TPSA) is 55.1 Å². The Bertz CT molecular complexity index is 281. The zero-order valence-electron chi connectivity index (χ0n) is 10.3. The number of hydrogen-bond acceptors (Lipinski definition) is 2. The molecule has 0 aromatic carbocycles. The SMILES string of the molecule is C#CCC(N)C(=O)NC1CCC(C)(C)CC1. The molecule has 3 heteroatoms. The predicted octanol–water partition coefficient (Wildman–Crippen LogP) is 1.42. The first-order valence-corrected chi connectivity index (χ1v) is 5.94. The molecule has 90 valence electrons. The van der Waals surface area contributed by atoms with Crippen LogP contribution in [-0.4, -0.2) is 18.0 Å². The van der Waals surface area contributed by atoms with Crippen molar-refractivity contribution in [3.63, 3.8) is 0 Å². The lowest BCUT2D eigenvalue weighted by Gasteiger charge is -2.34. The maximum atomic E-state index is 11.6. The van der Waals surface area contributed by atoms with E-state index in [-0.39, 0.29) is 11.9 Å². The van der Waals surface area contributed by atoms with Gasteiger partial charge in [-0.15, -0.1) is 12.3 Å². The summed E-state index contributed by atoms with van der Waals surface area (Å²) < 4.78 is 0. The van der Waals surface area contributed by atoms with E-state index in [2.05, 4.69) is 25.1 Å². The molecule has 16 heavy (non-hydrogen) atoms. The lowest BCUT2D eigenvalue weighted by Crippen LogP contribution is -2.46. The first kappa shape index (κ1) is 13.1. The van der Waals surface area contributed by atoms with Gasteiger partial charge in [-0.3, -0.25) is 4.79 Å². The Labute approximate surface area is 98.2 Å². The van der Waals surface area contributed by atoms with Crippen molar-refractivity contribution in [2.24, 2.45) is 11.1 Å². The number of nitrogens with one attached hydrogen (secondary N) is 1. The van der Waals surface area contributed by atoms with Crippen LogP contribution in [0.1, 0.15) is 46.0 Å². The van der Waals surface area contributed by atoms with Gasteiger partial charge in [-0.25, -0.2) is 0 Å². The molecule has 0 aliphatic heterocycles. The number of carbonyl (C=O) groups is 1. The Morgan fingerprint density at radius 1 is 1.56 bits per heavy atom. The Morgan fingerprint density at radius 3 is 2.62 bits per heavy atom. The zero-order valence-corrected chi connectivity index (χ0v) is 10.3. The summed E-state index contributed by atoms with van der Waals surface area (Å²) in [7, 11) is 0. The minimum Gasteiger partial charge on any atom is -0.352 e. The molecule has 1 amide bonds. The van der Waals surface area contributed by atoms with E-state index in [4.69, 9.17) is 12.2 Å². The highest BCUT2D eigenvalue weighted by molar-refractivity contribution is 5.82. The summed E-state index contributed by atoms with van der Waals surface area (Å²) >= 11 is 0. The second-order valence-corrected chi connectivity index (χ2v) is 5.46. The summed E-state index contributed by atoms with van der Waals surface area (Å²) in [4.78, 5) is 11.6. The van der Waals surface area contributed by atoms with Crippen LogP contribution in [0.25, 0.3) is 0 Å². The van der Waals surface area contributed by atoms with E-state index < -0.39 is 6.04 Å². The second kappa shape index (κ2) is 5.36. The highest BCUT2D eigenvalue weighted by Crippen LogP contribution is 2.34. The van der Waals surface area contributed by atoms with E-state index in [1.165, 1.54) is 0 Å². The smallest absolute Gasteiger partial charge is 0.238 e. The van der Waals surface area contributed by atoms with E-state index >= 15 is 0 Å². The number of carbonyl (C=O) groups excluding carboxylic acids is 1. The molecule has 0 bridgehead atoms. The standard InChI is InChI=1S/C13H22N2O/c1-4-5-11(14)12(16)15-10-6-8-13(2,3)9-7-10/h1,10-11H,5-9,14H2,2-3H3,(H,15,16). The van der Waals surface area contributed by atoms with Gasteiger partial charge in [-0.2, -0.15) is 0 Å². The number of rotatable bonds is 3. The van der Waals surface area contributed by atoms with Crippen molar-refractivity contribution in [1.29, 1.82) is 0 Å². The Kier molecular flexibility index (Phi) is 4.37. The lowest BCUT2D eigenvalue weighted by molar-refractivity contribution is -0.123. The van der Waals surface area contributed by atoms with Crippen molar-refractivity contribution in [3.05, 3.63) is 0 Å². The van der Waals surface area contributed by atoms with Crippen LogP contribution in [-0.2, 0) is 4.79 Å². The fraction of sp³-hybridized carbons (Fsp3) is 0.769. The largest absolute Gasteiger partial charge is 0.352 e. The van der Waals surface area contributed by atoms with Crippen LogP contribution in [0.4, 0.5) is 0 Å².